The highest BCUT2D eigenvalue weighted by atomic mass is 14.2. The molecule has 0 bridgehead atoms. The van der Waals surface area contributed by atoms with Crippen LogP contribution in [0.25, 0.3) is 0 Å². The van der Waals surface area contributed by atoms with Gasteiger partial charge < -0.3 is 0 Å². The number of nitriles is 1. The normalized spacial score (nSPS) is 17.9. The molecule has 0 heterocycles. The van der Waals surface area contributed by atoms with Gasteiger partial charge in [-0.25, -0.2) is 0 Å². The molecule has 0 radical (unpaired) electrons. The molecule has 0 saturated heterocycles. The number of hydrogen-bond acceptors (Lipinski definition) is 1. The van der Waals surface area contributed by atoms with Crippen LogP contribution < -0.4 is 0 Å². The molecule has 1 aliphatic carbocycles. The second-order valence-corrected chi connectivity index (χ2v) is 4.62. The van der Waals surface area contributed by atoms with Crippen LogP contribution in [-0.2, 0) is 0 Å². The number of unbranched alkanes of at least 4 members (excludes halogenated alkanes) is 4. The van der Waals surface area contributed by atoms with E-state index in [1.54, 1.807) is 0 Å². The number of nitrogens with zero attached hydrogens (tertiary/aromatic N) is 1. The van der Waals surface area contributed by atoms with Crippen LogP contribution in [-0.4, -0.2) is 0 Å². The Labute approximate surface area is 88.5 Å². The average Bonchev–Trinajstić information content (AvgIpc) is 2.25. The van der Waals surface area contributed by atoms with Gasteiger partial charge in [0.25, 0.3) is 0 Å². The predicted octanol–water partition coefficient (Wildman–Crippen LogP) is 4.43. The third-order valence-corrected chi connectivity index (χ3v) is 3.38. The maximum absolute atomic E-state index is 8.38. The minimum Gasteiger partial charge on any atom is -0.198 e. The second kappa shape index (κ2) is 7.85. The summed E-state index contributed by atoms with van der Waals surface area (Å²) >= 11 is 0. The highest BCUT2D eigenvalue weighted by Crippen LogP contribution is 2.27. The molecule has 0 aromatic heterocycles. The average molecular weight is 193 g/mol. The van der Waals surface area contributed by atoms with Crippen molar-refractivity contribution in [2.45, 2.75) is 70.6 Å². The van der Waals surface area contributed by atoms with E-state index in [2.05, 4.69) is 6.07 Å². The van der Waals surface area contributed by atoms with Gasteiger partial charge in [0.05, 0.1) is 6.07 Å². The largest absolute Gasteiger partial charge is 0.198 e. The Morgan fingerprint density at radius 3 is 2.36 bits per heavy atom. The molecule has 0 atom stereocenters. The van der Waals surface area contributed by atoms with Gasteiger partial charge in [0.2, 0.25) is 0 Å². The molecule has 0 unspecified atom stereocenters. The summed E-state index contributed by atoms with van der Waals surface area (Å²) in [5, 5.41) is 8.38. The van der Waals surface area contributed by atoms with Crippen molar-refractivity contribution < 1.29 is 0 Å². The van der Waals surface area contributed by atoms with Crippen molar-refractivity contribution in [1.82, 2.24) is 0 Å². The topological polar surface area (TPSA) is 23.8 Å². The van der Waals surface area contributed by atoms with Crippen LogP contribution >= 0.6 is 0 Å². The molecule has 1 saturated carbocycles. The van der Waals surface area contributed by atoms with Crippen molar-refractivity contribution >= 4 is 0 Å². The fourth-order valence-electron chi connectivity index (χ4n) is 2.47. The molecule has 0 N–H and O–H groups in total. The van der Waals surface area contributed by atoms with Crippen LogP contribution in [0.15, 0.2) is 0 Å². The summed E-state index contributed by atoms with van der Waals surface area (Å²) in [6.45, 7) is 0. The van der Waals surface area contributed by atoms with Crippen molar-refractivity contribution in [3.63, 3.8) is 0 Å². The summed E-state index contributed by atoms with van der Waals surface area (Å²) in [6, 6.07) is 2.21. The first kappa shape index (κ1) is 11.6. The van der Waals surface area contributed by atoms with Gasteiger partial charge in [-0.2, -0.15) is 5.26 Å². The van der Waals surface area contributed by atoms with Gasteiger partial charge in [-0.15, -0.1) is 0 Å². The molecule has 0 aromatic rings. The lowest BCUT2D eigenvalue weighted by atomic mass is 9.85. The number of rotatable bonds is 6. The standard InChI is InChI=1S/C13H23N/c14-12-8-3-1-2-5-9-13-10-6-4-7-11-13/h13H,1-11H2. The van der Waals surface area contributed by atoms with E-state index in [9.17, 15) is 0 Å². The van der Waals surface area contributed by atoms with Gasteiger partial charge >= 0.3 is 0 Å². The minimum absolute atomic E-state index is 0.753. The van der Waals surface area contributed by atoms with E-state index in [1.807, 2.05) is 0 Å². The fourth-order valence-corrected chi connectivity index (χ4v) is 2.47. The fraction of sp³-hybridized carbons (Fsp3) is 0.923. The monoisotopic (exact) mass is 193 g/mol. The lowest BCUT2D eigenvalue weighted by Crippen LogP contribution is -2.05. The predicted molar refractivity (Wildman–Crippen MR) is 59.9 cm³/mol. The molecule has 80 valence electrons. The van der Waals surface area contributed by atoms with Gasteiger partial charge in [0, 0.05) is 6.42 Å². The molecule has 1 rings (SSSR count). The summed E-state index contributed by atoms with van der Waals surface area (Å²) in [7, 11) is 0. The molecule has 0 aliphatic heterocycles. The first-order valence-electron chi connectivity index (χ1n) is 6.30. The van der Waals surface area contributed by atoms with Gasteiger partial charge in [0.15, 0.2) is 0 Å². The zero-order valence-electron chi connectivity index (χ0n) is 9.30. The highest BCUT2D eigenvalue weighted by Gasteiger charge is 2.12. The Kier molecular flexibility index (Phi) is 6.49. The van der Waals surface area contributed by atoms with Gasteiger partial charge in [-0.05, 0) is 12.3 Å². The van der Waals surface area contributed by atoms with Crippen LogP contribution in [0.5, 0.6) is 0 Å². The molecule has 0 spiro atoms. The quantitative estimate of drug-likeness (QED) is 0.572. The molecule has 14 heavy (non-hydrogen) atoms. The SMILES string of the molecule is N#CCCCCCCC1CCCCC1. The lowest BCUT2D eigenvalue weighted by Gasteiger charge is -2.21. The summed E-state index contributed by atoms with van der Waals surface area (Å²) in [5.74, 6) is 1.04. The highest BCUT2D eigenvalue weighted by molar-refractivity contribution is 4.68. The summed E-state index contributed by atoms with van der Waals surface area (Å²) in [6.07, 6.45) is 14.7. The molecule has 1 fully saturated rings. The Morgan fingerprint density at radius 2 is 1.64 bits per heavy atom. The molecule has 0 aromatic carbocycles. The van der Waals surface area contributed by atoms with Crippen molar-refractivity contribution in [2.24, 2.45) is 5.92 Å². The van der Waals surface area contributed by atoms with E-state index >= 15 is 0 Å². The van der Waals surface area contributed by atoms with Crippen molar-refractivity contribution in [3.8, 4) is 6.07 Å². The molecule has 0 amide bonds. The summed E-state index contributed by atoms with van der Waals surface area (Å²) in [5.41, 5.74) is 0. The maximum atomic E-state index is 8.38. The molecule has 1 heteroatoms. The van der Waals surface area contributed by atoms with Crippen LogP contribution in [0.2, 0.25) is 0 Å². The van der Waals surface area contributed by atoms with Gasteiger partial charge in [-0.3, -0.25) is 0 Å². The lowest BCUT2D eigenvalue weighted by molar-refractivity contribution is 0.328. The Morgan fingerprint density at radius 1 is 0.929 bits per heavy atom. The van der Waals surface area contributed by atoms with Crippen LogP contribution in [0.1, 0.15) is 70.6 Å². The van der Waals surface area contributed by atoms with E-state index in [0.29, 0.717) is 0 Å². The van der Waals surface area contributed by atoms with Crippen molar-refractivity contribution in [3.05, 3.63) is 0 Å². The van der Waals surface area contributed by atoms with E-state index in [1.165, 1.54) is 57.8 Å². The minimum atomic E-state index is 0.753. The number of hydrogen-bond donors (Lipinski definition) is 0. The third-order valence-electron chi connectivity index (χ3n) is 3.38. The van der Waals surface area contributed by atoms with E-state index in [0.717, 1.165) is 18.8 Å². The summed E-state index contributed by atoms with van der Waals surface area (Å²) in [4.78, 5) is 0. The van der Waals surface area contributed by atoms with Crippen LogP contribution in [0.3, 0.4) is 0 Å². The second-order valence-electron chi connectivity index (χ2n) is 4.62. The van der Waals surface area contributed by atoms with E-state index in [4.69, 9.17) is 5.26 Å². The van der Waals surface area contributed by atoms with Crippen LogP contribution in [0.4, 0.5) is 0 Å². The van der Waals surface area contributed by atoms with E-state index in [-0.39, 0.29) is 0 Å². The first-order chi connectivity index (χ1) is 6.93. The molecule has 1 nitrogen and oxygen atoms in total. The van der Waals surface area contributed by atoms with E-state index < -0.39 is 0 Å². The zero-order chi connectivity index (χ0) is 10.1. The Bertz CT molecular complexity index is 163. The van der Waals surface area contributed by atoms with Crippen molar-refractivity contribution in [2.75, 3.05) is 0 Å². The first-order valence-corrected chi connectivity index (χ1v) is 6.30. The smallest absolute Gasteiger partial charge is 0.0621 e. The van der Waals surface area contributed by atoms with Crippen molar-refractivity contribution in [1.29, 1.82) is 5.26 Å². The summed E-state index contributed by atoms with van der Waals surface area (Å²) < 4.78 is 0. The zero-order valence-corrected chi connectivity index (χ0v) is 9.30. The van der Waals surface area contributed by atoms with Gasteiger partial charge in [-0.1, -0.05) is 57.8 Å². The van der Waals surface area contributed by atoms with Gasteiger partial charge in [0.1, 0.15) is 0 Å². The molecule has 1 aliphatic rings. The molecular weight excluding hydrogens is 170 g/mol. The third kappa shape index (κ3) is 5.27. The van der Waals surface area contributed by atoms with Crippen LogP contribution in [0, 0.1) is 17.2 Å². The Balaban J connectivity index is 1.85. The Hall–Kier alpha value is -0.510. The maximum Gasteiger partial charge on any atom is 0.0621 e. The molecular formula is C13H23N.